The fraction of sp³-hybridized carbons (Fsp3) is 0.700. The molecule has 0 bridgehead atoms. The van der Waals surface area contributed by atoms with Gasteiger partial charge in [0.2, 0.25) is 0 Å². The van der Waals surface area contributed by atoms with E-state index in [2.05, 4.69) is 26.8 Å². The number of hydrogen-bond donors (Lipinski definition) is 0. The smallest absolute Gasteiger partial charge is 0.127 e. The van der Waals surface area contributed by atoms with Crippen LogP contribution in [0.2, 0.25) is 0 Å². The maximum absolute atomic E-state index is 10.7. The van der Waals surface area contributed by atoms with E-state index < -0.39 is 0 Å². The minimum atomic E-state index is 0.149. The van der Waals surface area contributed by atoms with Gasteiger partial charge in [0.05, 0.1) is 0 Å². The number of aldehydes is 1. The first-order valence-corrected chi connectivity index (χ1v) is 4.20. The standard InChI is InChI=1S/C10H16O/c1-8-5-4-6-10(2,3)9(8)7-11/h5,7,9H,4,6H2,1-3H3/t9-/m0/s1. The Kier molecular flexibility index (Phi) is 2.17. The minimum Gasteiger partial charge on any atom is -0.303 e. The molecule has 1 nitrogen and oxygen atoms in total. The topological polar surface area (TPSA) is 17.1 Å². The highest BCUT2D eigenvalue weighted by Gasteiger charge is 2.32. The molecule has 0 fully saturated rings. The molecule has 0 radical (unpaired) electrons. The summed E-state index contributed by atoms with van der Waals surface area (Å²) in [6.45, 7) is 6.39. The van der Waals surface area contributed by atoms with Crippen LogP contribution >= 0.6 is 0 Å². The van der Waals surface area contributed by atoms with E-state index >= 15 is 0 Å². The molecule has 0 saturated carbocycles. The molecule has 0 spiro atoms. The molecule has 1 atom stereocenters. The van der Waals surface area contributed by atoms with E-state index in [4.69, 9.17) is 0 Å². The Morgan fingerprint density at radius 1 is 1.64 bits per heavy atom. The summed E-state index contributed by atoms with van der Waals surface area (Å²) in [4.78, 5) is 10.7. The molecular formula is C10H16O. The summed E-state index contributed by atoms with van der Waals surface area (Å²) in [5.41, 5.74) is 1.43. The average molecular weight is 152 g/mol. The molecule has 1 rings (SSSR count). The van der Waals surface area contributed by atoms with Gasteiger partial charge >= 0.3 is 0 Å². The van der Waals surface area contributed by atoms with E-state index in [-0.39, 0.29) is 11.3 Å². The van der Waals surface area contributed by atoms with E-state index in [1.165, 1.54) is 5.57 Å². The van der Waals surface area contributed by atoms with Crippen LogP contribution in [0, 0.1) is 11.3 Å². The first-order valence-electron chi connectivity index (χ1n) is 4.20. The van der Waals surface area contributed by atoms with E-state index in [1.807, 2.05) is 0 Å². The Morgan fingerprint density at radius 2 is 2.27 bits per heavy atom. The molecule has 0 aromatic carbocycles. The van der Waals surface area contributed by atoms with E-state index in [1.54, 1.807) is 0 Å². The molecule has 0 aromatic rings. The van der Waals surface area contributed by atoms with Crippen molar-refractivity contribution in [2.75, 3.05) is 0 Å². The molecule has 0 N–H and O–H groups in total. The fourth-order valence-corrected chi connectivity index (χ4v) is 1.86. The summed E-state index contributed by atoms with van der Waals surface area (Å²) in [5, 5.41) is 0. The Bertz CT molecular complexity index is 189. The van der Waals surface area contributed by atoms with E-state index in [0.717, 1.165) is 19.1 Å². The zero-order valence-electron chi connectivity index (χ0n) is 7.55. The first kappa shape index (κ1) is 8.51. The second-order valence-electron chi connectivity index (χ2n) is 4.09. The Hall–Kier alpha value is -0.590. The maximum Gasteiger partial charge on any atom is 0.127 e. The summed E-state index contributed by atoms with van der Waals surface area (Å²) < 4.78 is 0. The number of rotatable bonds is 1. The SMILES string of the molecule is CC1=CCCC(C)(C)[C@H]1C=O. The van der Waals surface area contributed by atoms with Crippen LogP contribution in [-0.4, -0.2) is 6.29 Å². The van der Waals surface area contributed by atoms with Crippen molar-refractivity contribution < 1.29 is 4.79 Å². The van der Waals surface area contributed by atoms with Crippen molar-refractivity contribution in [3.63, 3.8) is 0 Å². The molecule has 0 aromatic heterocycles. The monoisotopic (exact) mass is 152 g/mol. The summed E-state index contributed by atoms with van der Waals surface area (Å²) in [5.74, 6) is 0.149. The molecule has 0 unspecified atom stereocenters. The minimum absolute atomic E-state index is 0.149. The maximum atomic E-state index is 10.7. The number of allylic oxidation sites excluding steroid dienone is 2. The average Bonchev–Trinajstić information content (AvgIpc) is 1.86. The highest BCUT2D eigenvalue weighted by atomic mass is 16.1. The van der Waals surface area contributed by atoms with Crippen molar-refractivity contribution in [1.29, 1.82) is 0 Å². The van der Waals surface area contributed by atoms with Gasteiger partial charge in [-0.1, -0.05) is 25.5 Å². The lowest BCUT2D eigenvalue weighted by molar-refractivity contribution is -0.113. The van der Waals surface area contributed by atoms with Crippen molar-refractivity contribution in [3.05, 3.63) is 11.6 Å². The lowest BCUT2D eigenvalue weighted by Gasteiger charge is -2.34. The third-order valence-corrected chi connectivity index (χ3v) is 2.72. The van der Waals surface area contributed by atoms with Crippen molar-refractivity contribution >= 4 is 6.29 Å². The molecule has 62 valence electrons. The molecule has 1 aliphatic carbocycles. The quantitative estimate of drug-likeness (QED) is 0.417. The van der Waals surface area contributed by atoms with Gasteiger partial charge in [0.25, 0.3) is 0 Å². The summed E-state index contributed by atoms with van der Waals surface area (Å²) in [6, 6.07) is 0. The molecular weight excluding hydrogens is 136 g/mol. The normalized spacial score (nSPS) is 29.4. The van der Waals surface area contributed by atoms with Crippen LogP contribution in [0.25, 0.3) is 0 Å². The van der Waals surface area contributed by atoms with Gasteiger partial charge in [-0.15, -0.1) is 0 Å². The highest BCUT2D eigenvalue weighted by molar-refractivity contribution is 5.60. The van der Waals surface area contributed by atoms with E-state index in [0.29, 0.717) is 0 Å². The Labute approximate surface area is 68.5 Å². The summed E-state index contributed by atoms with van der Waals surface area (Å²) in [6.07, 6.45) is 5.53. The molecule has 0 amide bonds. The molecule has 0 saturated heterocycles. The second-order valence-corrected chi connectivity index (χ2v) is 4.09. The van der Waals surface area contributed by atoms with E-state index in [9.17, 15) is 4.79 Å². The van der Waals surface area contributed by atoms with Crippen molar-refractivity contribution in [2.24, 2.45) is 11.3 Å². The van der Waals surface area contributed by atoms with Crippen LogP contribution in [0.4, 0.5) is 0 Å². The Morgan fingerprint density at radius 3 is 2.64 bits per heavy atom. The van der Waals surface area contributed by atoms with Gasteiger partial charge in [-0.2, -0.15) is 0 Å². The van der Waals surface area contributed by atoms with Gasteiger partial charge in [-0.05, 0) is 25.2 Å². The molecule has 1 heteroatoms. The van der Waals surface area contributed by atoms with Gasteiger partial charge in [0, 0.05) is 5.92 Å². The highest BCUT2D eigenvalue weighted by Crippen LogP contribution is 2.39. The van der Waals surface area contributed by atoms with Crippen LogP contribution in [0.5, 0.6) is 0 Å². The van der Waals surface area contributed by atoms with Crippen molar-refractivity contribution in [1.82, 2.24) is 0 Å². The number of carbonyl (C=O) groups is 1. The second kappa shape index (κ2) is 2.80. The molecule has 0 aliphatic heterocycles. The van der Waals surface area contributed by atoms with Gasteiger partial charge in [-0.25, -0.2) is 0 Å². The molecule has 0 heterocycles. The van der Waals surface area contributed by atoms with Gasteiger partial charge in [-0.3, -0.25) is 0 Å². The van der Waals surface area contributed by atoms with Gasteiger partial charge in [0.15, 0.2) is 0 Å². The van der Waals surface area contributed by atoms with Crippen LogP contribution in [0.1, 0.15) is 33.6 Å². The van der Waals surface area contributed by atoms with Crippen molar-refractivity contribution in [2.45, 2.75) is 33.6 Å². The Balaban J connectivity index is 2.89. The third kappa shape index (κ3) is 1.52. The predicted octanol–water partition coefficient (Wildman–Crippen LogP) is 2.57. The zero-order valence-corrected chi connectivity index (χ0v) is 7.55. The van der Waals surface area contributed by atoms with Crippen LogP contribution in [0.15, 0.2) is 11.6 Å². The lowest BCUT2D eigenvalue weighted by Crippen LogP contribution is -2.28. The summed E-state index contributed by atoms with van der Waals surface area (Å²) >= 11 is 0. The molecule has 11 heavy (non-hydrogen) atoms. The first-order chi connectivity index (χ1) is 5.08. The third-order valence-electron chi connectivity index (χ3n) is 2.72. The number of hydrogen-bond acceptors (Lipinski definition) is 1. The van der Waals surface area contributed by atoms with Crippen LogP contribution in [0.3, 0.4) is 0 Å². The van der Waals surface area contributed by atoms with Gasteiger partial charge < -0.3 is 4.79 Å². The summed E-state index contributed by atoms with van der Waals surface area (Å²) in [7, 11) is 0. The number of carbonyl (C=O) groups excluding carboxylic acids is 1. The largest absolute Gasteiger partial charge is 0.303 e. The predicted molar refractivity (Wildman–Crippen MR) is 46.3 cm³/mol. The zero-order chi connectivity index (χ0) is 8.48. The molecule has 1 aliphatic rings. The van der Waals surface area contributed by atoms with Crippen molar-refractivity contribution in [3.8, 4) is 0 Å². The fourth-order valence-electron chi connectivity index (χ4n) is 1.86. The van der Waals surface area contributed by atoms with Gasteiger partial charge in [0.1, 0.15) is 6.29 Å². The lowest BCUT2D eigenvalue weighted by atomic mass is 9.69. The van der Waals surface area contributed by atoms with Crippen LogP contribution in [-0.2, 0) is 4.79 Å². The van der Waals surface area contributed by atoms with Crippen LogP contribution < -0.4 is 0 Å².